The zero-order valence-corrected chi connectivity index (χ0v) is 9.29. The minimum Gasteiger partial charge on any atom is -0.276 e. The second kappa shape index (κ2) is 3.77. The molecule has 0 unspecified atom stereocenters. The second-order valence-corrected chi connectivity index (χ2v) is 3.91. The third kappa shape index (κ3) is 1.82. The maximum Gasteiger partial charge on any atom is 0.253 e. The van der Waals surface area contributed by atoms with E-state index in [4.69, 9.17) is 23.2 Å². The van der Waals surface area contributed by atoms with Crippen molar-refractivity contribution in [3.8, 4) is 0 Å². The molecule has 0 aromatic heterocycles. The SMILES string of the molecule is Cc1c(Cl)ccc(Br)c1C(=O)Cl. The molecule has 4 heteroatoms. The van der Waals surface area contributed by atoms with Crippen molar-refractivity contribution in [2.24, 2.45) is 0 Å². The minimum atomic E-state index is -0.498. The molecule has 0 fully saturated rings. The van der Waals surface area contributed by atoms with Crippen LogP contribution in [0.25, 0.3) is 0 Å². The highest BCUT2D eigenvalue weighted by atomic mass is 79.9. The van der Waals surface area contributed by atoms with Crippen LogP contribution >= 0.6 is 39.1 Å². The van der Waals surface area contributed by atoms with Crippen LogP contribution in [0.5, 0.6) is 0 Å². The summed E-state index contributed by atoms with van der Waals surface area (Å²) >= 11 is 14.4. The standard InChI is InChI=1S/C8H5BrCl2O/c1-4-6(10)3-2-5(9)7(4)8(11)12/h2-3H,1H3. The van der Waals surface area contributed by atoms with E-state index in [1.807, 2.05) is 0 Å². The summed E-state index contributed by atoms with van der Waals surface area (Å²) in [6, 6.07) is 3.41. The van der Waals surface area contributed by atoms with Gasteiger partial charge in [-0.2, -0.15) is 0 Å². The van der Waals surface area contributed by atoms with Crippen LogP contribution < -0.4 is 0 Å². The van der Waals surface area contributed by atoms with Crippen LogP contribution in [-0.2, 0) is 0 Å². The third-order valence-corrected chi connectivity index (χ3v) is 2.80. The van der Waals surface area contributed by atoms with Gasteiger partial charge < -0.3 is 0 Å². The summed E-state index contributed by atoms with van der Waals surface area (Å²) in [6.45, 7) is 1.75. The van der Waals surface area contributed by atoms with Crippen molar-refractivity contribution in [3.05, 3.63) is 32.8 Å². The maximum absolute atomic E-state index is 10.9. The molecular formula is C8H5BrCl2O. The lowest BCUT2D eigenvalue weighted by atomic mass is 10.1. The molecule has 1 nitrogen and oxygen atoms in total. The van der Waals surface area contributed by atoms with Gasteiger partial charge in [0.15, 0.2) is 0 Å². The third-order valence-electron chi connectivity index (χ3n) is 1.54. The Morgan fingerprint density at radius 1 is 1.50 bits per heavy atom. The first-order chi connectivity index (χ1) is 5.54. The molecule has 64 valence electrons. The van der Waals surface area contributed by atoms with Crippen LogP contribution in [0.4, 0.5) is 0 Å². The summed E-state index contributed by atoms with van der Waals surface area (Å²) in [6.07, 6.45) is 0. The first kappa shape index (κ1) is 10.0. The zero-order chi connectivity index (χ0) is 9.30. The van der Waals surface area contributed by atoms with Crippen molar-refractivity contribution in [1.82, 2.24) is 0 Å². The summed E-state index contributed by atoms with van der Waals surface area (Å²) < 4.78 is 0.671. The number of benzene rings is 1. The van der Waals surface area contributed by atoms with Crippen LogP contribution in [0.15, 0.2) is 16.6 Å². The molecule has 0 amide bonds. The Morgan fingerprint density at radius 3 is 2.50 bits per heavy atom. The molecule has 0 atom stereocenters. The van der Waals surface area contributed by atoms with Gasteiger partial charge in [0.1, 0.15) is 0 Å². The van der Waals surface area contributed by atoms with E-state index in [1.54, 1.807) is 19.1 Å². The van der Waals surface area contributed by atoms with Crippen LogP contribution in [0, 0.1) is 6.92 Å². The quantitative estimate of drug-likeness (QED) is 0.708. The van der Waals surface area contributed by atoms with Gasteiger partial charge in [0.25, 0.3) is 5.24 Å². The summed E-state index contributed by atoms with van der Waals surface area (Å²) in [7, 11) is 0. The van der Waals surface area contributed by atoms with Gasteiger partial charge >= 0.3 is 0 Å². The zero-order valence-electron chi connectivity index (χ0n) is 6.20. The van der Waals surface area contributed by atoms with E-state index < -0.39 is 5.24 Å². The highest BCUT2D eigenvalue weighted by Crippen LogP contribution is 2.27. The molecule has 0 heterocycles. The van der Waals surface area contributed by atoms with Crippen LogP contribution in [0.3, 0.4) is 0 Å². The summed E-state index contributed by atoms with van der Waals surface area (Å²) in [4.78, 5) is 10.9. The Labute approximate surface area is 88.8 Å². The highest BCUT2D eigenvalue weighted by Gasteiger charge is 2.12. The molecule has 1 aromatic rings. The average Bonchev–Trinajstić information content (AvgIpc) is 1.97. The first-order valence-electron chi connectivity index (χ1n) is 3.18. The molecule has 1 aromatic carbocycles. The second-order valence-electron chi connectivity index (χ2n) is 2.30. The summed E-state index contributed by atoms with van der Waals surface area (Å²) in [5.74, 6) is 0. The molecule has 0 saturated carbocycles. The number of halogens is 3. The van der Waals surface area contributed by atoms with E-state index in [-0.39, 0.29) is 0 Å². The number of carbonyl (C=O) groups excluding carboxylic acids is 1. The Kier molecular flexibility index (Phi) is 3.16. The van der Waals surface area contributed by atoms with Crippen molar-refractivity contribution in [2.75, 3.05) is 0 Å². The van der Waals surface area contributed by atoms with Gasteiger partial charge in [-0.25, -0.2) is 0 Å². The summed E-state index contributed by atoms with van der Waals surface area (Å²) in [5, 5.41) is 0.0454. The Balaban J connectivity index is 3.43. The summed E-state index contributed by atoms with van der Waals surface area (Å²) in [5.41, 5.74) is 1.13. The van der Waals surface area contributed by atoms with Crippen LogP contribution in [0.1, 0.15) is 15.9 Å². The maximum atomic E-state index is 10.9. The van der Waals surface area contributed by atoms with Gasteiger partial charge in [-0.3, -0.25) is 4.79 Å². The topological polar surface area (TPSA) is 17.1 Å². The fourth-order valence-electron chi connectivity index (χ4n) is 0.894. The smallest absolute Gasteiger partial charge is 0.253 e. The predicted molar refractivity (Wildman–Crippen MR) is 54.1 cm³/mol. The molecule has 0 radical (unpaired) electrons. The van der Waals surface area contributed by atoms with Crippen molar-refractivity contribution in [2.45, 2.75) is 6.92 Å². The number of hydrogen-bond donors (Lipinski definition) is 0. The molecular weight excluding hydrogens is 263 g/mol. The Bertz CT molecular complexity index is 336. The van der Waals surface area contributed by atoms with E-state index in [2.05, 4.69) is 15.9 Å². The van der Waals surface area contributed by atoms with Gasteiger partial charge in [0.05, 0.1) is 5.56 Å². The molecule has 0 aliphatic heterocycles. The molecule has 0 bridgehead atoms. The highest BCUT2D eigenvalue weighted by molar-refractivity contribution is 9.10. The fraction of sp³-hybridized carbons (Fsp3) is 0.125. The molecule has 0 saturated heterocycles. The predicted octanol–water partition coefficient (Wildman–Crippen LogP) is 3.79. The number of rotatable bonds is 1. The van der Waals surface area contributed by atoms with Gasteiger partial charge in [0.2, 0.25) is 0 Å². The molecule has 0 spiro atoms. The lowest BCUT2D eigenvalue weighted by molar-refractivity contribution is 0.108. The Hall–Kier alpha value is -0.0500. The minimum absolute atomic E-state index is 0.434. The number of carbonyl (C=O) groups is 1. The van der Waals surface area contributed by atoms with Gasteiger partial charge in [-0.15, -0.1) is 0 Å². The van der Waals surface area contributed by atoms with Crippen molar-refractivity contribution < 1.29 is 4.79 Å². The molecule has 0 N–H and O–H groups in total. The molecule has 1 rings (SSSR count). The number of hydrogen-bond acceptors (Lipinski definition) is 1. The van der Waals surface area contributed by atoms with Gasteiger partial charge in [-0.1, -0.05) is 11.6 Å². The monoisotopic (exact) mass is 266 g/mol. The van der Waals surface area contributed by atoms with Crippen molar-refractivity contribution in [3.63, 3.8) is 0 Å². The first-order valence-corrected chi connectivity index (χ1v) is 4.73. The van der Waals surface area contributed by atoms with E-state index in [1.165, 1.54) is 0 Å². The van der Waals surface area contributed by atoms with Crippen molar-refractivity contribution >= 4 is 44.4 Å². The lowest BCUT2D eigenvalue weighted by Gasteiger charge is -2.04. The molecule has 12 heavy (non-hydrogen) atoms. The van der Waals surface area contributed by atoms with Crippen LogP contribution in [-0.4, -0.2) is 5.24 Å². The molecule has 0 aliphatic carbocycles. The normalized spacial score (nSPS) is 10.0. The lowest BCUT2D eigenvalue weighted by Crippen LogP contribution is -1.95. The van der Waals surface area contributed by atoms with Crippen LogP contribution in [0.2, 0.25) is 5.02 Å². The largest absolute Gasteiger partial charge is 0.276 e. The van der Waals surface area contributed by atoms with E-state index in [0.29, 0.717) is 20.6 Å². The van der Waals surface area contributed by atoms with Gasteiger partial charge in [0, 0.05) is 9.50 Å². The van der Waals surface area contributed by atoms with Gasteiger partial charge in [-0.05, 0) is 52.2 Å². The van der Waals surface area contributed by atoms with E-state index in [9.17, 15) is 4.79 Å². The van der Waals surface area contributed by atoms with Crippen molar-refractivity contribution in [1.29, 1.82) is 0 Å². The Morgan fingerprint density at radius 2 is 2.08 bits per heavy atom. The van der Waals surface area contributed by atoms with E-state index in [0.717, 1.165) is 0 Å². The fourth-order valence-corrected chi connectivity index (χ4v) is 2.02. The van der Waals surface area contributed by atoms with E-state index >= 15 is 0 Å². The molecule has 0 aliphatic rings. The average molecular weight is 268 g/mol.